The maximum Gasteiger partial charge on any atom is 0.249 e. The van der Waals surface area contributed by atoms with E-state index in [0.29, 0.717) is 19.3 Å². The van der Waals surface area contributed by atoms with E-state index in [1.165, 1.54) is 180 Å². The average molecular weight is 928 g/mol. The molecule has 1 aliphatic rings. The molecule has 8 N–H and O–H groups in total. The van der Waals surface area contributed by atoms with Gasteiger partial charge in [0.15, 0.2) is 6.29 Å². The van der Waals surface area contributed by atoms with E-state index in [0.717, 1.165) is 38.5 Å². The molecule has 9 atom stereocenters. The van der Waals surface area contributed by atoms with Crippen LogP contribution in [-0.4, -0.2) is 110 Å². The highest BCUT2D eigenvalue weighted by molar-refractivity contribution is 5.80. The van der Waals surface area contributed by atoms with Crippen LogP contribution in [0.25, 0.3) is 0 Å². The number of hydrogen-bond donors (Lipinski definition) is 8. The number of aliphatic hydroxyl groups is 7. The molecule has 9 unspecified atom stereocenters. The Morgan fingerprint density at radius 1 is 0.523 bits per heavy atom. The molecule has 11 heteroatoms. The van der Waals surface area contributed by atoms with Crippen LogP contribution in [0.1, 0.15) is 258 Å². The van der Waals surface area contributed by atoms with Gasteiger partial charge >= 0.3 is 0 Å². The van der Waals surface area contributed by atoms with E-state index >= 15 is 0 Å². The lowest BCUT2D eigenvalue weighted by Crippen LogP contribution is -2.60. The summed E-state index contributed by atoms with van der Waals surface area (Å²) < 4.78 is 11.1. The van der Waals surface area contributed by atoms with Gasteiger partial charge in [-0.2, -0.15) is 0 Å². The predicted octanol–water partition coefficient (Wildman–Crippen LogP) is 10.8. The van der Waals surface area contributed by atoms with Crippen molar-refractivity contribution in [1.82, 2.24) is 5.32 Å². The Bertz CT molecular complexity index is 1060. The summed E-state index contributed by atoms with van der Waals surface area (Å²) in [5.74, 6) is -0.696. The Morgan fingerprint density at radius 3 is 1.29 bits per heavy atom. The van der Waals surface area contributed by atoms with Gasteiger partial charge in [0.2, 0.25) is 5.91 Å². The fourth-order valence-electron chi connectivity index (χ4n) is 9.03. The molecule has 1 amide bonds. The van der Waals surface area contributed by atoms with Gasteiger partial charge in [-0.3, -0.25) is 4.79 Å². The van der Waals surface area contributed by atoms with Gasteiger partial charge in [-0.1, -0.05) is 231 Å². The van der Waals surface area contributed by atoms with Gasteiger partial charge in [-0.25, -0.2) is 0 Å². The molecule has 65 heavy (non-hydrogen) atoms. The summed E-state index contributed by atoms with van der Waals surface area (Å²) in [6.45, 7) is 3.47. The summed E-state index contributed by atoms with van der Waals surface area (Å²) in [5, 5.41) is 75.9. The summed E-state index contributed by atoms with van der Waals surface area (Å²) in [6.07, 6.45) is 38.4. The molecule has 0 aromatic rings. The Kier molecular flexibility index (Phi) is 42.0. The number of amides is 1. The standard InChI is InChI=1S/C54H105NO10/c1-3-5-7-9-11-13-15-17-18-19-20-21-22-23-24-25-26-27-28-30-32-34-36-38-40-42-47(58)53(63)55-45(44-64-54-52(62)51(61)50(60)48(43-56)65-54)49(59)46(57)41-39-37-35-33-31-29-16-14-12-10-8-6-4-2/h23-24,45-52,54,56-62H,3-22,25-44H2,1-2H3,(H,55,63)/b24-23-. The van der Waals surface area contributed by atoms with Crippen LogP contribution in [-0.2, 0) is 14.3 Å². The molecule has 11 nitrogen and oxygen atoms in total. The Labute approximate surface area is 398 Å². The van der Waals surface area contributed by atoms with Crippen LogP contribution in [0.4, 0.5) is 0 Å². The van der Waals surface area contributed by atoms with Gasteiger partial charge in [0.05, 0.1) is 25.4 Å². The van der Waals surface area contributed by atoms with Crippen molar-refractivity contribution in [2.24, 2.45) is 0 Å². The van der Waals surface area contributed by atoms with Crippen LogP contribution in [0.5, 0.6) is 0 Å². The van der Waals surface area contributed by atoms with E-state index in [1.54, 1.807) is 0 Å². The smallest absolute Gasteiger partial charge is 0.249 e. The zero-order valence-electron chi connectivity index (χ0n) is 42.0. The molecule has 1 aliphatic heterocycles. The van der Waals surface area contributed by atoms with Crippen LogP contribution in [0.3, 0.4) is 0 Å². The van der Waals surface area contributed by atoms with Crippen LogP contribution in [0.15, 0.2) is 12.2 Å². The molecule has 0 radical (unpaired) electrons. The Balaban J connectivity index is 2.29. The average Bonchev–Trinajstić information content (AvgIpc) is 3.31. The Hall–Kier alpha value is -1.15. The van der Waals surface area contributed by atoms with E-state index in [1.807, 2.05) is 0 Å². The molecular weight excluding hydrogens is 823 g/mol. The first kappa shape index (κ1) is 61.9. The minimum Gasteiger partial charge on any atom is -0.394 e. The summed E-state index contributed by atoms with van der Waals surface area (Å²) in [6, 6.07) is -1.17. The minimum atomic E-state index is -1.66. The van der Waals surface area contributed by atoms with Crippen LogP contribution >= 0.6 is 0 Å². The SMILES string of the molecule is CCCCCCCCCCCCCC/C=C\CCCCCCCCCCCC(O)C(=O)NC(COC1OC(CO)C(O)C(O)C1O)C(O)C(O)CCCCCCCCCCCCCCC. The first-order valence-electron chi connectivity index (χ1n) is 27.6. The van der Waals surface area contributed by atoms with Gasteiger partial charge in [0.25, 0.3) is 0 Å². The van der Waals surface area contributed by atoms with Crippen molar-refractivity contribution in [2.45, 2.75) is 313 Å². The maximum atomic E-state index is 13.1. The van der Waals surface area contributed by atoms with Crippen molar-refractivity contribution in [1.29, 1.82) is 0 Å². The van der Waals surface area contributed by atoms with Gasteiger partial charge in [-0.05, 0) is 38.5 Å². The van der Waals surface area contributed by atoms with Crippen molar-refractivity contribution < 1.29 is 50.0 Å². The lowest BCUT2D eigenvalue weighted by molar-refractivity contribution is -0.303. The molecule has 1 heterocycles. The molecule has 1 fully saturated rings. The number of unbranched alkanes of at least 4 members (excludes halogenated alkanes) is 33. The first-order valence-corrected chi connectivity index (χ1v) is 27.6. The number of nitrogens with one attached hydrogen (secondary N) is 1. The minimum absolute atomic E-state index is 0.260. The van der Waals surface area contributed by atoms with E-state index in [4.69, 9.17) is 9.47 Å². The third-order valence-electron chi connectivity index (χ3n) is 13.6. The van der Waals surface area contributed by atoms with E-state index in [9.17, 15) is 40.5 Å². The number of aliphatic hydroxyl groups excluding tert-OH is 7. The molecule has 0 aromatic heterocycles. The fourth-order valence-corrected chi connectivity index (χ4v) is 9.03. The molecule has 0 saturated carbocycles. The Morgan fingerprint density at radius 2 is 0.892 bits per heavy atom. The molecule has 1 saturated heterocycles. The molecule has 386 valence electrons. The normalized spacial score (nSPS) is 20.9. The van der Waals surface area contributed by atoms with Crippen molar-refractivity contribution >= 4 is 5.91 Å². The highest BCUT2D eigenvalue weighted by Gasteiger charge is 2.44. The molecule has 0 aliphatic carbocycles. The topological polar surface area (TPSA) is 189 Å². The van der Waals surface area contributed by atoms with Gasteiger partial charge in [0.1, 0.15) is 36.6 Å². The zero-order chi connectivity index (χ0) is 47.6. The van der Waals surface area contributed by atoms with Crippen molar-refractivity contribution in [3.05, 3.63) is 12.2 Å². The van der Waals surface area contributed by atoms with Crippen LogP contribution < -0.4 is 5.32 Å². The number of carbonyl (C=O) groups is 1. The maximum absolute atomic E-state index is 13.1. The second kappa shape index (κ2) is 44.1. The van der Waals surface area contributed by atoms with Crippen LogP contribution in [0, 0.1) is 0 Å². The van der Waals surface area contributed by atoms with Gasteiger partial charge in [0, 0.05) is 0 Å². The summed E-state index contributed by atoms with van der Waals surface area (Å²) in [7, 11) is 0. The third-order valence-corrected chi connectivity index (χ3v) is 13.6. The summed E-state index contributed by atoms with van der Waals surface area (Å²) in [5.41, 5.74) is 0. The van der Waals surface area contributed by atoms with Gasteiger partial charge in [-0.15, -0.1) is 0 Å². The van der Waals surface area contributed by atoms with E-state index in [2.05, 4.69) is 31.3 Å². The van der Waals surface area contributed by atoms with E-state index < -0.39 is 74.2 Å². The highest BCUT2D eigenvalue weighted by atomic mass is 16.7. The molecular formula is C54H105NO10. The quantitative estimate of drug-likeness (QED) is 0.0215. The zero-order valence-corrected chi connectivity index (χ0v) is 42.0. The highest BCUT2D eigenvalue weighted by Crippen LogP contribution is 2.23. The third kappa shape index (κ3) is 33.1. The fraction of sp³-hybridized carbons (Fsp3) is 0.944. The molecule has 0 spiro atoms. The van der Waals surface area contributed by atoms with Crippen LogP contribution in [0.2, 0.25) is 0 Å². The summed E-state index contributed by atoms with van der Waals surface area (Å²) >= 11 is 0. The van der Waals surface area contributed by atoms with Gasteiger partial charge < -0.3 is 50.5 Å². The lowest BCUT2D eigenvalue weighted by atomic mass is 9.98. The van der Waals surface area contributed by atoms with E-state index in [-0.39, 0.29) is 6.42 Å². The summed E-state index contributed by atoms with van der Waals surface area (Å²) in [4.78, 5) is 13.1. The number of rotatable bonds is 47. The number of ether oxygens (including phenoxy) is 2. The van der Waals surface area contributed by atoms with Crippen molar-refractivity contribution in [3.63, 3.8) is 0 Å². The second-order valence-corrected chi connectivity index (χ2v) is 19.7. The lowest BCUT2D eigenvalue weighted by Gasteiger charge is -2.40. The first-order chi connectivity index (χ1) is 31.7. The number of carbonyl (C=O) groups excluding carboxylic acids is 1. The van der Waals surface area contributed by atoms with Crippen molar-refractivity contribution in [2.75, 3.05) is 13.2 Å². The molecule has 1 rings (SSSR count). The molecule has 0 aromatic carbocycles. The largest absolute Gasteiger partial charge is 0.394 e. The second-order valence-electron chi connectivity index (χ2n) is 19.7. The monoisotopic (exact) mass is 928 g/mol. The number of allylic oxidation sites excluding steroid dienone is 2. The molecule has 0 bridgehead atoms. The van der Waals surface area contributed by atoms with Crippen molar-refractivity contribution in [3.8, 4) is 0 Å². The number of hydrogen-bond acceptors (Lipinski definition) is 10. The predicted molar refractivity (Wildman–Crippen MR) is 266 cm³/mol.